The van der Waals surface area contributed by atoms with Crippen LogP contribution in [-0.4, -0.2) is 47.4 Å². The number of benzene rings is 1. The molecule has 0 spiro atoms. The zero-order chi connectivity index (χ0) is 17.2. The van der Waals surface area contributed by atoms with E-state index in [9.17, 15) is 9.59 Å². The molecule has 2 aliphatic heterocycles. The molecule has 1 atom stereocenters. The fourth-order valence-corrected chi connectivity index (χ4v) is 3.29. The molecule has 0 N–H and O–H groups in total. The van der Waals surface area contributed by atoms with Gasteiger partial charge in [-0.15, -0.1) is 0 Å². The molecule has 4 rings (SSSR count). The van der Waals surface area contributed by atoms with Gasteiger partial charge in [-0.05, 0) is 24.3 Å². The molecule has 1 unspecified atom stereocenters. The van der Waals surface area contributed by atoms with Gasteiger partial charge >= 0.3 is 0 Å². The van der Waals surface area contributed by atoms with Crippen molar-refractivity contribution in [1.29, 1.82) is 0 Å². The number of carbonyl (C=O) groups excluding carboxylic acids is 2. The van der Waals surface area contributed by atoms with Crippen molar-refractivity contribution in [1.82, 2.24) is 9.88 Å². The summed E-state index contributed by atoms with van der Waals surface area (Å²) in [6.07, 6.45) is 3.63. The van der Waals surface area contributed by atoms with E-state index in [4.69, 9.17) is 4.74 Å². The Kier molecular flexibility index (Phi) is 4.09. The van der Waals surface area contributed by atoms with Gasteiger partial charge in [0.15, 0.2) is 0 Å². The summed E-state index contributed by atoms with van der Waals surface area (Å²) in [7, 11) is 0. The molecule has 0 saturated carbocycles. The van der Waals surface area contributed by atoms with Gasteiger partial charge in [0.25, 0.3) is 0 Å². The predicted octanol–water partition coefficient (Wildman–Crippen LogP) is 1.72. The summed E-state index contributed by atoms with van der Waals surface area (Å²) >= 11 is 0. The molecule has 2 aliphatic rings. The van der Waals surface area contributed by atoms with Gasteiger partial charge in [0.1, 0.15) is 11.9 Å². The standard InChI is InChI=1S/C19H19N3O3/c23-18-9-14(11-22(18)15-5-2-1-3-6-15)19(24)21-12-17(13-21)25-16-7-4-8-20-10-16/h1-8,10,14,17H,9,11-13H2. The average Bonchev–Trinajstić information content (AvgIpc) is 3.01. The van der Waals surface area contributed by atoms with Crippen LogP contribution < -0.4 is 9.64 Å². The molecule has 3 heterocycles. The molecular weight excluding hydrogens is 318 g/mol. The van der Waals surface area contributed by atoms with Crippen LogP contribution in [-0.2, 0) is 9.59 Å². The number of likely N-dealkylation sites (tertiary alicyclic amines) is 1. The number of aromatic nitrogens is 1. The van der Waals surface area contributed by atoms with Gasteiger partial charge in [-0.3, -0.25) is 14.6 Å². The Morgan fingerprint density at radius 1 is 1.08 bits per heavy atom. The molecule has 0 bridgehead atoms. The maximum atomic E-state index is 12.6. The topological polar surface area (TPSA) is 62.7 Å². The van der Waals surface area contributed by atoms with Crippen LogP contribution in [0.3, 0.4) is 0 Å². The van der Waals surface area contributed by atoms with Crippen molar-refractivity contribution >= 4 is 17.5 Å². The normalized spacial score (nSPS) is 20.5. The van der Waals surface area contributed by atoms with Crippen molar-refractivity contribution in [3.05, 3.63) is 54.9 Å². The maximum Gasteiger partial charge on any atom is 0.228 e. The quantitative estimate of drug-likeness (QED) is 0.852. The highest BCUT2D eigenvalue weighted by molar-refractivity contribution is 6.00. The molecule has 0 radical (unpaired) electrons. The number of ether oxygens (including phenoxy) is 1. The van der Waals surface area contributed by atoms with Gasteiger partial charge in [0.2, 0.25) is 11.8 Å². The highest BCUT2D eigenvalue weighted by Crippen LogP contribution is 2.28. The minimum atomic E-state index is -0.271. The van der Waals surface area contributed by atoms with Crippen LogP contribution in [0.25, 0.3) is 0 Å². The summed E-state index contributed by atoms with van der Waals surface area (Å²) in [4.78, 5) is 32.4. The van der Waals surface area contributed by atoms with E-state index in [0.717, 1.165) is 5.69 Å². The Morgan fingerprint density at radius 3 is 2.60 bits per heavy atom. The van der Waals surface area contributed by atoms with Crippen LogP contribution in [0.1, 0.15) is 6.42 Å². The maximum absolute atomic E-state index is 12.6. The Labute approximate surface area is 146 Å². The van der Waals surface area contributed by atoms with E-state index in [1.54, 1.807) is 22.2 Å². The van der Waals surface area contributed by atoms with Crippen LogP contribution in [0.4, 0.5) is 5.69 Å². The second-order valence-corrected chi connectivity index (χ2v) is 6.41. The monoisotopic (exact) mass is 337 g/mol. The van der Waals surface area contributed by atoms with Crippen LogP contribution in [0.5, 0.6) is 5.75 Å². The number of pyridine rings is 1. The molecule has 25 heavy (non-hydrogen) atoms. The summed E-state index contributed by atoms with van der Waals surface area (Å²) in [5, 5.41) is 0. The Hall–Kier alpha value is -2.89. The molecule has 2 aromatic rings. The fraction of sp³-hybridized carbons (Fsp3) is 0.316. The largest absolute Gasteiger partial charge is 0.485 e. The third-order valence-electron chi connectivity index (χ3n) is 4.64. The molecule has 2 fully saturated rings. The van der Waals surface area contributed by atoms with E-state index in [0.29, 0.717) is 25.4 Å². The lowest BCUT2D eigenvalue weighted by atomic mass is 10.0. The number of hydrogen-bond donors (Lipinski definition) is 0. The van der Waals surface area contributed by atoms with E-state index < -0.39 is 0 Å². The first-order valence-electron chi connectivity index (χ1n) is 8.41. The Morgan fingerprint density at radius 2 is 1.88 bits per heavy atom. The smallest absolute Gasteiger partial charge is 0.228 e. The lowest BCUT2D eigenvalue weighted by Gasteiger charge is -2.40. The van der Waals surface area contributed by atoms with Gasteiger partial charge in [-0.2, -0.15) is 0 Å². The number of carbonyl (C=O) groups is 2. The average molecular weight is 337 g/mol. The molecule has 1 aromatic heterocycles. The fourth-order valence-electron chi connectivity index (χ4n) is 3.29. The minimum Gasteiger partial charge on any atom is -0.485 e. The number of nitrogens with zero attached hydrogens (tertiary/aromatic N) is 3. The first kappa shape index (κ1) is 15.6. The van der Waals surface area contributed by atoms with Gasteiger partial charge < -0.3 is 14.5 Å². The van der Waals surface area contributed by atoms with Gasteiger partial charge in [-0.1, -0.05) is 18.2 Å². The van der Waals surface area contributed by atoms with E-state index in [1.807, 2.05) is 42.5 Å². The van der Waals surface area contributed by atoms with Crippen LogP contribution in [0, 0.1) is 5.92 Å². The van der Waals surface area contributed by atoms with Crippen molar-refractivity contribution in [2.45, 2.75) is 12.5 Å². The molecule has 2 amide bonds. The van der Waals surface area contributed by atoms with E-state index in [1.165, 1.54) is 0 Å². The van der Waals surface area contributed by atoms with Crippen LogP contribution >= 0.6 is 0 Å². The van der Waals surface area contributed by atoms with Crippen molar-refractivity contribution < 1.29 is 14.3 Å². The van der Waals surface area contributed by atoms with Gasteiger partial charge in [-0.25, -0.2) is 0 Å². The summed E-state index contributed by atoms with van der Waals surface area (Å²) in [6.45, 7) is 1.57. The van der Waals surface area contributed by atoms with E-state index in [-0.39, 0.29) is 30.3 Å². The number of anilines is 1. The van der Waals surface area contributed by atoms with E-state index in [2.05, 4.69) is 4.98 Å². The summed E-state index contributed by atoms with van der Waals surface area (Å²) in [5.41, 5.74) is 0.851. The summed E-state index contributed by atoms with van der Waals surface area (Å²) < 4.78 is 5.77. The molecular formula is C19H19N3O3. The Bertz CT molecular complexity index is 760. The summed E-state index contributed by atoms with van der Waals surface area (Å²) in [6, 6.07) is 13.2. The number of hydrogen-bond acceptors (Lipinski definition) is 4. The third kappa shape index (κ3) is 3.20. The van der Waals surface area contributed by atoms with Crippen LogP contribution in [0.15, 0.2) is 54.9 Å². The second-order valence-electron chi connectivity index (χ2n) is 6.41. The van der Waals surface area contributed by atoms with Gasteiger partial charge in [0, 0.05) is 24.8 Å². The van der Waals surface area contributed by atoms with Crippen molar-refractivity contribution in [2.75, 3.05) is 24.5 Å². The van der Waals surface area contributed by atoms with E-state index >= 15 is 0 Å². The Balaban J connectivity index is 1.32. The minimum absolute atomic E-state index is 0.00418. The zero-order valence-corrected chi connectivity index (χ0v) is 13.7. The zero-order valence-electron chi connectivity index (χ0n) is 13.7. The molecule has 6 nitrogen and oxygen atoms in total. The molecule has 2 saturated heterocycles. The molecule has 6 heteroatoms. The third-order valence-corrected chi connectivity index (χ3v) is 4.64. The van der Waals surface area contributed by atoms with Crippen molar-refractivity contribution in [3.8, 4) is 5.75 Å². The van der Waals surface area contributed by atoms with Crippen molar-refractivity contribution in [2.24, 2.45) is 5.92 Å². The molecule has 128 valence electrons. The summed E-state index contributed by atoms with van der Waals surface area (Å²) in [5.74, 6) is 0.490. The lowest BCUT2D eigenvalue weighted by molar-refractivity contribution is -0.144. The number of amides is 2. The van der Waals surface area contributed by atoms with Gasteiger partial charge in [0.05, 0.1) is 25.2 Å². The SMILES string of the molecule is O=C(C1CC(=O)N(c2ccccc2)C1)N1CC(Oc2cccnc2)C1. The lowest BCUT2D eigenvalue weighted by Crippen LogP contribution is -2.57. The number of rotatable bonds is 4. The second kappa shape index (κ2) is 6.55. The number of para-hydroxylation sites is 1. The predicted molar refractivity (Wildman–Crippen MR) is 92.1 cm³/mol. The highest BCUT2D eigenvalue weighted by atomic mass is 16.5. The molecule has 1 aromatic carbocycles. The highest BCUT2D eigenvalue weighted by Gasteiger charge is 2.41. The first-order chi connectivity index (χ1) is 12.2. The molecule has 0 aliphatic carbocycles. The van der Waals surface area contributed by atoms with Crippen LogP contribution in [0.2, 0.25) is 0 Å². The first-order valence-corrected chi connectivity index (χ1v) is 8.41. The van der Waals surface area contributed by atoms with Crippen molar-refractivity contribution in [3.63, 3.8) is 0 Å².